The largest absolute Gasteiger partial charge is 0.474 e. The molecular formula is C13H12ClO3P. The maximum Gasteiger partial charge on any atom is 0.474 e. The van der Waals surface area contributed by atoms with Crippen molar-refractivity contribution < 1.29 is 14.0 Å². The average molecular weight is 283 g/mol. The van der Waals surface area contributed by atoms with Gasteiger partial charge in [0.15, 0.2) is 0 Å². The number of rotatable bonds is 3. The van der Waals surface area contributed by atoms with Crippen molar-refractivity contribution in [2.75, 3.05) is 0 Å². The first-order chi connectivity index (χ1) is 8.46. The van der Waals surface area contributed by atoms with Crippen molar-refractivity contribution in [1.29, 1.82) is 0 Å². The minimum Gasteiger partial charge on any atom is -0.413 e. The van der Waals surface area contributed by atoms with Crippen molar-refractivity contribution in [1.82, 2.24) is 0 Å². The van der Waals surface area contributed by atoms with E-state index in [-0.39, 0.29) is 0 Å². The summed E-state index contributed by atoms with van der Waals surface area (Å²) in [6.07, 6.45) is 0. The maximum absolute atomic E-state index is 11.2. The van der Waals surface area contributed by atoms with E-state index in [9.17, 15) is 4.57 Å². The lowest BCUT2D eigenvalue weighted by Crippen LogP contribution is -1.90. The SMILES string of the molecule is Cc1ccc(OP(=O)(O)Cl)c(-c2ccccc2)c1. The molecule has 0 amide bonds. The number of hydrogen-bond donors (Lipinski definition) is 1. The topological polar surface area (TPSA) is 46.5 Å². The summed E-state index contributed by atoms with van der Waals surface area (Å²) in [5.41, 5.74) is 2.68. The minimum atomic E-state index is -4.08. The van der Waals surface area contributed by atoms with E-state index in [0.717, 1.165) is 16.7 Å². The van der Waals surface area contributed by atoms with Gasteiger partial charge in [-0.15, -0.1) is 0 Å². The molecule has 18 heavy (non-hydrogen) atoms. The molecule has 1 atom stereocenters. The van der Waals surface area contributed by atoms with Crippen LogP contribution in [0.2, 0.25) is 0 Å². The Morgan fingerprint density at radius 1 is 1.17 bits per heavy atom. The lowest BCUT2D eigenvalue weighted by Gasteiger charge is -2.12. The zero-order valence-corrected chi connectivity index (χ0v) is 11.4. The standard InChI is InChI=1S/C13H12ClO3P/c1-10-7-8-13(17-18(14,15)16)12(9-10)11-5-3-2-4-6-11/h2-9H,1H3,(H,15,16). The number of benzene rings is 2. The molecule has 0 aliphatic heterocycles. The van der Waals surface area contributed by atoms with Crippen LogP contribution in [0.5, 0.6) is 5.75 Å². The Hall–Kier alpha value is -1.28. The van der Waals surface area contributed by atoms with Crippen LogP contribution >= 0.6 is 18.2 Å². The third kappa shape index (κ3) is 3.36. The molecule has 1 N–H and O–H groups in total. The van der Waals surface area contributed by atoms with Gasteiger partial charge in [-0.05, 0) is 24.6 Å². The van der Waals surface area contributed by atoms with Gasteiger partial charge in [-0.25, -0.2) is 4.57 Å². The van der Waals surface area contributed by atoms with Crippen molar-refractivity contribution in [2.45, 2.75) is 6.92 Å². The van der Waals surface area contributed by atoms with Gasteiger partial charge in [0.05, 0.1) is 0 Å². The third-order valence-electron chi connectivity index (χ3n) is 2.43. The quantitative estimate of drug-likeness (QED) is 0.850. The fourth-order valence-electron chi connectivity index (χ4n) is 1.69. The van der Waals surface area contributed by atoms with Gasteiger partial charge in [-0.1, -0.05) is 42.0 Å². The molecule has 2 aromatic carbocycles. The van der Waals surface area contributed by atoms with E-state index in [4.69, 9.17) is 20.7 Å². The van der Waals surface area contributed by atoms with Crippen LogP contribution in [0.15, 0.2) is 48.5 Å². The normalized spacial score (nSPS) is 13.9. The van der Waals surface area contributed by atoms with Crippen LogP contribution in [0.1, 0.15) is 5.56 Å². The van der Waals surface area contributed by atoms with Crippen LogP contribution in [0.4, 0.5) is 0 Å². The highest BCUT2D eigenvalue weighted by atomic mass is 35.7. The number of halogens is 1. The van der Waals surface area contributed by atoms with Crippen molar-refractivity contribution in [3.63, 3.8) is 0 Å². The molecule has 0 aliphatic rings. The molecule has 5 heteroatoms. The molecule has 0 fully saturated rings. The molecule has 0 aliphatic carbocycles. The summed E-state index contributed by atoms with van der Waals surface area (Å²) in [7, 11) is 0. The molecule has 94 valence electrons. The maximum atomic E-state index is 11.2. The van der Waals surface area contributed by atoms with Crippen LogP contribution in [0.25, 0.3) is 11.1 Å². The molecule has 0 heterocycles. The predicted molar refractivity (Wildman–Crippen MR) is 72.9 cm³/mol. The Morgan fingerprint density at radius 3 is 2.44 bits per heavy atom. The highest BCUT2D eigenvalue weighted by Crippen LogP contribution is 2.49. The van der Waals surface area contributed by atoms with E-state index in [0.29, 0.717) is 5.75 Å². The van der Waals surface area contributed by atoms with Gasteiger partial charge in [-0.3, -0.25) is 0 Å². The van der Waals surface area contributed by atoms with E-state index >= 15 is 0 Å². The van der Waals surface area contributed by atoms with E-state index in [2.05, 4.69) is 0 Å². The lowest BCUT2D eigenvalue weighted by atomic mass is 10.0. The highest BCUT2D eigenvalue weighted by molar-refractivity contribution is 7.80. The Bertz CT molecular complexity index is 592. The second-order valence-electron chi connectivity index (χ2n) is 3.91. The summed E-state index contributed by atoms with van der Waals surface area (Å²) in [6.45, 7) is -2.14. The first-order valence-corrected chi connectivity index (χ1v) is 7.82. The molecule has 3 nitrogen and oxygen atoms in total. The van der Waals surface area contributed by atoms with Gasteiger partial charge in [0, 0.05) is 16.8 Å². The number of aryl methyl sites for hydroxylation is 1. The van der Waals surface area contributed by atoms with Crippen molar-refractivity contribution in [2.24, 2.45) is 0 Å². The van der Waals surface area contributed by atoms with Gasteiger partial charge < -0.3 is 9.42 Å². The molecule has 0 bridgehead atoms. The number of hydrogen-bond acceptors (Lipinski definition) is 2. The van der Waals surface area contributed by atoms with Crippen LogP contribution in [-0.4, -0.2) is 4.89 Å². The third-order valence-corrected chi connectivity index (χ3v) is 3.06. The molecule has 0 aromatic heterocycles. The van der Waals surface area contributed by atoms with Crippen molar-refractivity contribution >= 4 is 18.2 Å². The Labute approximate surface area is 110 Å². The second-order valence-corrected chi connectivity index (χ2v) is 6.28. The molecule has 2 aromatic rings. The summed E-state index contributed by atoms with van der Waals surface area (Å²) in [4.78, 5) is 9.11. The van der Waals surface area contributed by atoms with Gasteiger partial charge in [-0.2, -0.15) is 0 Å². The van der Waals surface area contributed by atoms with Crippen molar-refractivity contribution in [3.05, 3.63) is 54.1 Å². The summed E-state index contributed by atoms with van der Waals surface area (Å²) in [5.74, 6) is 0.299. The predicted octanol–water partition coefficient (Wildman–Crippen LogP) is 4.38. The van der Waals surface area contributed by atoms with E-state index in [1.807, 2.05) is 43.3 Å². The summed E-state index contributed by atoms with van der Waals surface area (Å²) in [5, 5.41) is 0. The van der Waals surface area contributed by atoms with Crippen LogP contribution < -0.4 is 4.52 Å². The molecular weight excluding hydrogens is 271 g/mol. The summed E-state index contributed by atoms with van der Waals surface area (Å²) >= 11 is 5.26. The van der Waals surface area contributed by atoms with Crippen LogP contribution in [0, 0.1) is 6.92 Å². The molecule has 0 saturated carbocycles. The first-order valence-electron chi connectivity index (χ1n) is 5.34. The highest BCUT2D eigenvalue weighted by Gasteiger charge is 2.18. The Morgan fingerprint density at radius 2 is 1.83 bits per heavy atom. The van der Waals surface area contributed by atoms with E-state index in [1.165, 1.54) is 0 Å². The Balaban J connectivity index is 2.51. The van der Waals surface area contributed by atoms with Gasteiger partial charge in [0.2, 0.25) is 0 Å². The zero-order chi connectivity index (χ0) is 13.2. The van der Waals surface area contributed by atoms with E-state index in [1.54, 1.807) is 12.1 Å². The molecule has 0 saturated heterocycles. The zero-order valence-electron chi connectivity index (χ0n) is 9.71. The fraction of sp³-hybridized carbons (Fsp3) is 0.0769. The monoisotopic (exact) mass is 282 g/mol. The van der Waals surface area contributed by atoms with Crippen LogP contribution in [0.3, 0.4) is 0 Å². The van der Waals surface area contributed by atoms with E-state index < -0.39 is 6.95 Å². The summed E-state index contributed by atoms with van der Waals surface area (Å²) in [6, 6.07) is 14.8. The van der Waals surface area contributed by atoms with Crippen molar-refractivity contribution in [3.8, 4) is 16.9 Å². The summed E-state index contributed by atoms with van der Waals surface area (Å²) < 4.78 is 16.1. The second kappa shape index (κ2) is 5.15. The van der Waals surface area contributed by atoms with Gasteiger partial charge >= 0.3 is 6.95 Å². The lowest BCUT2D eigenvalue weighted by molar-refractivity contribution is 0.401. The molecule has 0 spiro atoms. The van der Waals surface area contributed by atoms with Gasteiger partial charge in [0.1, 0.15) is 5.75 Å². The Kier molecular flexibility index (Phi) is 3.76. The first kappa shape index (κ1) is 13.2. The van der Waals surface area contributed by atoms with Crippen LogP contribution in [-0.2, 0) is 4.57 Å². The molecule has 2 rings (SSSR count). The smallest absolute Gasteiger partial charge is 0.413 e. The molecule has 1 unspecified atom stereocenters. The average Bonchev–Trinajstić information content (AvgIpc) is 2.31. The minimum absolute atomic E-state index is 0.299. The fourth-order valence-corrected chi connectivity index (χ4v) is 2.31. The van der Waals surface area contributed by atoms with Gasteiger partial charge in [0.25, 0.3) is 0 Å². The molecule has 0 radical (unpaired) electrons.